The number of para-hydroxylation sites is 1. The van der Waals surface area contributed by atoms with Gasteiger partial charge in [0.15, 0.2) is 5.43 Å². The number of hydrogen-bond acceptors (Lipinski definition) is 2. The van der Waals surface area contributed by atoms with Gasteiger partial charge in [-0.15, -0.1) is 0 Å². The van der Waals surface area contributed by atoms with Crippen molar-refractivity contribution in [1.29, 1.82) is 0 Å². The maximum absolute atomic E-state index is 12.1. The summed E-state index contributed by atoms with van der Waals surface area (Å²) in [4.78, 5) is 12.1. The summed E-state index contributed by atoms with van der Waals surface area (Å²) in [6.07, 6.45) is 15.1. The van der Waals surface area contributed by atoms with E-state index in [2.05, 4.69) is 6.92 Å². The molecule has 0 aliphatic heterocycles. The fourth-order valence-corrected chi connectivity index (χ4v) is 3.46. The fourth-order valence-electron chi connectivity index (χ4n) is 3.46. The number of benzene rings is 1. The first-order valence-electron chi connectivity index (χ1n) is 10.1. The van der Waals surface area contributed by atoms with Gasteiger partial charge in [-0.1, -0.05) is 83.3 Å². The van der Waals surface area contributed by atoms with Crippen molar-refractivity contribution in [2.45, 2.75) is 84.0 Å². The first-order chi connectivity index (χ1) is 12.2. The highest BCUT2D eigenvalue weighted by Gasteiger charge is 2.07. The molecule has 3 heteroatoms. The van der Waals surface area contributed by atoms with Gasteiger partial charge in [-0.25, -0.2) is 0 Å². The molecular formula is C22H33NO2. The number of aromatic nitrogens is 1. The summed E-state index contributed by atoms with van der Waals surface area (Å²) in [6.45, 7) is 2.26. The lowest BCUT2D eigenvalue weighted by atomic mass is 10.0. The van der Waals surface area contributed by atoms with Crippen LogP contribution in [0.15, 0.2) is 35.1 Å². The van der Waals surface area contributed by atoms with Gasteiger partial charge in [0.05, 0.1) is 11.2 Å². The van der Waals surface area contributed by atoms with Crippen molar-refractivity contribution in [3.05, 3.63) is 46.2 Å². The topological polar surface area (TPSA) is 42.2 Å². The molecule has 0 saturated heterocycles. The van der Waals surface area contributed by atoms with Gasteiger partial charge in [0.25, 0.3) is 0 Å². The molecule has 0 spiro atoms. The van der Waals surface area contributed by atoms with E-state index in [1.54, 1.807) is 18.2 Å². The molecule has 1 aromatic heterocycles. The van der Waals surface area contributed by atoms with Crippen molar-refractivity contribution in [2.75, 3.05) is 0 Å². The third kappa shape index (κ3) is 6.22. The minimum Gasteiger partial charge on any atom is -0.428 e. The number of unbranched alkanes of at least 4 members (excludes halogenated alkanes) is 10. The zero-order valence-electron chi connectivity index (χ0n) is 15.7. The number of hydrogen-bond donors (Lipinski definition) is 1. The van der Waals surface area contributed by atoms with E-state index < -0.39 is 0 Å². The minimum absolute atomic E-state index is 0.000951. The van der Waals surface area contributed by atoms with E-state index in [1.165, 1.54) is 62.5 Å². The van der Waals surface area contributed by atoms with Crippen LogP contribution in [-0.4, -0.2) is 9.94 Å². The first kappa shape index (κ1) is 19.6. The first-order valence-corrected chi connectivity index (χ1v) is 10.1. The minimum atomic E-state index is -0.000951. The molecule has 2 rings (SSSR count). The van der Waals surface area contributed by atoms with Gasteiger partial charge < -0.3 is 5.21 Å². The molecule has 0 radical (unpaired) electrons. The largest absolute Gasteiger partial charge is 0.428 e. The van der Waals surface area contributed by atoms with E-state index in [0.717, 1.165) is 25.0 Å². The highest BCUT2D eigenvalue weighted by atomic mass is 16.5. The number of pyridine rings is 1. The summed E-state index contributed by atoms with van der Waals surface area (Å²) in [5.74, 6) is 0. The zero-order chi connectivity index (χ0) is 17.9. The normalized spacial score (nSPS) is 11.2. The molecule has 3 nitrogen and oxygen atoms in total. The van der Waals surface area contributed by atoms with Crippen LogP contribution in [-0.2, 0) is 6.42 Å². The van der Waals surface area contributed by atoms with E-state index in [0.29, 0.717) is 10.9 Å². The number of fused-ring (bicyclic) bond motifs is 1. The maximum Gasteiger partial charge on any atom is 0.189 e. The molecule has 0 saturated carbocycles. The average molecular weight is 344 g/mol. The highest BCUT2D eigenvalue weighted by Crippen LogP contribution is 2.15. The standard InChI is InChI=1S/C22H33NO2/c1-2-3-4-5-6-7-8-9-10-11-12-15-19-18-22(24)20-16-13-14-17-21(20)23(19)25/h13-14,16-18,25H,2-12,15H2,1H3. The number of rotatable bonds is 12. The van der Waals surface area contributed by atoms with Crippen LogP contribution in [0.5, 0.6) is 0 Å². The van der Waals surface area contributed by atoms with Crippen LogP contribution in [0.4, 0.5) is 0 Å². The van der Waals surface area contributed by atoms with E-state index in [1.807, 2.05) is 12.1 Å². The molecule has 0 bridgehead atoms. The Morgan fingerprint density at radius 3 is 2.04 bits per heavy atom. The van der Waals surface area contributed by atoms with Gasteiger partial charge in [0.2, 0.25) is 0 Å². The molecule has 138 valence electrons. The summed E-state index contributed by atoms with van der Waals surface area (Å²) in [7, 11) is 0. The van der Waals surface area contributed by atoms with Gasteiger partial charge in [-0.05, 0) is 25.0 Å². The van der Waals surface area contributed by atoms with E-state index in [-0.39, 0.29) is 5.43 Å². The SMILES string of the molecule is CCCCCCCCCCCCCc1cc(=O)c2ccccc2n1O. The predicted molar refractivity (Wildman–Crippen MR) is 106 cm³/mol. The average Bonchev–Trinajstić information content (AvgIpc) is 2.63. The van der Waals surface area contributed by atoms with Gasteiger partial charge in [-0.2, -0.15) is 4.73 Å². The summed E-state index contributed by atoms with van der Waals surface area (Å²) >= 11 is 0. The van der Waals surface area contributed by atoms with Gasteiger partial charge in [-0.3, -0.25) is 4.79 Å². The predicted octanol–water partition coefficient (Wildman–Crippen LogP) is 6.09. The van der Waals surface area contributed by atoms with Crippen LogP contribution >= 0.6 is 0 Å². The van der Waals surface area contributed by atoms with Crippen molar-refractivity contribution in [3.8, 4) is 0 Å². The summed E-state index contributed by atoms with van der Waals surface area (Å²) < 4.78 is 1.19. The Bertz CT molecular complexity index is 690. The molecule has 0 unspecified atom stereocenters. The molecule has 0 fully saturated rings. The smallest absolute Gasteiger partial charge is 0.189 e. The van der Waals surface area contributed by atoms with Crippen molar-refractivity contribution in [2.24, 2.45) is 0 Å². The van der Waals surface area contributed by atoms with Crippen molar-refractivity contribution in [1.82, 2.24) is 4.73 Å². The van der Waals surface area contributed by atoms with Crippen molar-refractivity contribution >= 4 is 10.9 Å². The van der Waals surface area contributed by atoms with Crippen LogP contribution in [0.3, 0.4) is 0 Å². The van der Waals surface area contributed by atoms with E-state index in [4.69, 9.17) is 0 Å². The molecule has 25 heavy (non-hydrogen) atoms. The maximum atomic E-state index is 12.1. The molecule has 0 aliphatic carbocycles. The second-order valence-corrected chi connectivity index (χ2v) is 7.11. The third-order valence-corrected chi connectivity index (χ3v) is 5.00. The molecule has 0 atom stereocenters. The molecule has 1 N–H and O–H groups in total. The second-order valence-electron chi connectivity index (χ2n) is 7.11. The summed E-state index contributed by atoms with van der Waals surface area (Å²) in [5, 5.41) is 10.9. The Morgan fingerprint density at radius 1 is 0.840 bits per heavy atom. The van der Waals surface area contributed by atoms with Gasteiger partial charge >= 0.3 is 0 Å². The van der Waals surface area contributed by atoms with Crippen molar-refractivity contribution < 1.29 is 5.21 Å². The second kappa shape index (κ2) is 11.0. The Hall–Kier alpha value is -1.77. The van der Waals surface area contributed by atoms with Crippen LogP contribution in [0.1, 0.15) is 83.2 Å². The molecule has 0 amide bonds. The molecular weight excluding hydrogens is 310 g/mol. The fraction of sp³-hybridized carbons (Fsp3) is 0.591. The number of nitrogens with zero attached hydrogens (tertiary/aromatic N) is 1. The Balaban J connectivity index is 1.65. The van der Waals surface area contributed by atoms with E-state index >= 15 is 0 Å². The molecule has 1 aromatic carbocycles. The highest BCUT2D eigenvalue weighted by molar-refractivity contribution is 5.78. The summed E-state index contributed by atoms with van der Waals surface area (Å²) in [6, 6.07) is 8.81. The Morgan fingerprint density at radius 2 is 1.40 bits per heavy atom. The lowest BCUT2D eigenvalue weighted by Gasteiger charge is -2.10. The van der Waals surface area contributed by atoms with Gasteiger partial charge in [0, 0.05) is 11.5 Å². The Labute approximate surface area is 151 Å². The van der Waals surface area contributed by atoms with E-state index in [9.17, 15) is 10.0 Å². The molecule has 0 aliphatic rings. The van der Waals surface area contributed by atoms with Crippen LogP contribution in [0, 0.1) is 0 Å². The van der Waals surface area contributed by atoms with Crippen LogP contribution in [0.2, 0.25) is 0 Å². The molecule has 2 aromatic rings. The quantitative estimate of drug-likeness (QED) is 0.374. The lowest BCUT2D eigenvalue weighted by Crippen LogP contribution is -2.12. The van der Waals surface area contributed by atoms with Crippen LogP contribution < -0.4 is 5.43 Å². The van der Waals surface area contributed by atoms with Crippen LogP contribution in [0.25, 0.3) is 10.9 Å². The Kier molecular flexibility index (Phi) is 8.58. The van der Waals surface area contributed by atoms with Gasteiger partial charge in [0.1, 0.15) is 0 Å². The monoisotopic (exact) mass is 343 g/mol. The van der Waals surface area contributed by atoms with Crippen molar-refractivity contribution in [3.63, 3.8) is 0 Å². The summed E-state index contributed by atoms with van der Waals surface area (Å²) in [5.41, 5.74) is 1.33. The lowest BCUT2D eigenvalue weighted by molar-refractivity contribution is 0.187. The third-order valence-electron chi connectivity index (χ3n) is 5.00. The zero-order valence-corrected chi connectivity index (χ0v) is 15.7. The number of aryl methyl sites for hydroxylation is 1. The molecule has 1 heterocycles.